The van der Waals surface area contributed by atoms with Gasteiger partial charge < -0.3 is 19.6 Å². The Morgan fingerprint density at radius 3 is 2.59 bits per heavy atom. The number of hydrogen-bond donors (Lipinski definition) is 1. The first-order chi connectivity index (χ1) is 17.7. The smallest absolute Gasteiger partial charge is 0.310 e. The van der Waals surface area contributed by atoms with Crippen molar-refractivity contribution in [2.45, 2.75) is 69.4 Å². The van der Waals surface area contributed by atoms with Gasteiger partial charge in [0.15, 0.2) is 0 Å². The van der Waals surface area contributed by atoms with Gasteiger partial charge in [0.1, 0.15) is 6.04 Å². The van der Waals surface area contributed by atoms with Crippen LogP contribution in [0.4, 0.5) is 5.69 Å². The molecule has 1 spiro atoms. The average molecular weight is 529 g/mol. The predicted molar refractivity (Wildman–Crippen MR) is 146 cm³/mol. The van der Waals surface area contributed by atoms with E-state index in [0.29, 0.717) is 25.9 Å². The molecule has 8 heteroatoms. The van der Waals surface area contributed by atoms with E-state index in [2.05, 4.69) is 13.5 Å². The minimum absolute atomic E-state index is 0.0251. The molecule has 4 rings (SSSR count). The van der Waals surface area contributed by atoms with E-state index in [9.17, 15) is 19.5 Å². The van der Waals surface area contributed by atoms with Gasteiger partial charge in [-0.05, 0) is 63.5 Å². The van der Waals surface area contributed by atoms with Crippen LogP contribution in [0.25, 0.3) is 0 Å². The van der Waals surface area contributed by atoms with Crippen molar-refractivity contribution in [3.05, 3.63) is 42.0 Å². The van der Waals surface area contributed by atoms with Gasteiger partial charge in [-0.2, -0.15) is 0 Å². The van der Waals surface area contributed by atoms with Gasteiger partial charge >= 0.3 is 5.97 Å². The fourth-order valence-electron chi connectivity index (χ4n) is 6.92. The summed E-state index contributed by atoms with van der Waals surface area (Å²) in [7, 11) is 0. The summed E-state index contributed by atoms with van der Waals surface area (Å²) in [5.74, 6) is -1.54. The number of rotatable bonds is 11. The summed E-state index contributed by atoms with van der Waals surface area (Å²) in [5, 5.41) is 9.23. The lowest BCUT2D eigenvalue weighted by Gasteiger charge is -2.41. The van der Waals surface area contributed by atoms with Gasteiger partial charge in [-0.15, -0.1) is 18.3 Å². The van der Waals surface area contributed by atoms with E-state index in [0.717, 1.165) is 29.7 Å². The maximum atomic E-state index is 14.7. The summed E-state index contributed by atoms with van der Waals surface area (Å²) in [6.45, 7) is 12.9. The largest absolute Gasteiger partial charge is 0.466 e. The van der Waals surface area contributed by atoms with Crippen LogP contribution in [0.5, 0.6) is 0 Å². The minimum atomic E-state index is -0.678. The van der Waals surface area contributed by atoms with Crippen molar-refractivity contribution in [3.63, 3.8) is 0 Å². The Bertz CT molecular complexity index is 1040. The fraction of sp³-hybridized carbons (Fsp3) is 0.621. The first-order valence-corrected chi connectivity index (χ1v) is 14.4. The second-order valence-corrected chi connectivity index (χ2v) is 12.1. The summed E-state index contributed by atoms with van der Waals surface area (Å²) >= 11 is 1.67. The number of aryl methyl sites for hydroxylation is 2. The van der Waals surface area contributed by atoms with Crippen LogP contribution >= 0.6 is 11.8 Å². The number of ether oxygens (including phenoxy) is 1. The first-order valence-electron chi connectivity index (χ1n) is 13.5. The van der Waals surface area contributed by atoms with Crippen molar-refractivity contribution in [1.82, 2.24) is 4.90 Å². The number of thioether (sulfide) groups is 1. The lowest BCUT2D eigenvalue weighted by atomic mass is 9.66. The summed E-state index contributed by atoms with van der Waals surface area (Å²) in [5.41, 5.74) is 2.83. The molecule has 0 aromatic heterocycles. The van der Waals surface area contributed by atoms with Crippen molar-refractivity contribution in [1.29, 1.82) is 0 Å². The number of benzene rings is 1. The molecule has 6 atom stereocenters. The van der Waals surface area contributed by atoms with E-state index < -0.39 is 22.6 Å². The highest BCUT2D eigenvalue weighted by Gasteiger charge is 2.76. The van der Waals surface area contributed by atoms with E-state index in [1.54, 1.807) is 34.6 Å². The molecule has 3 fully saturated rings. The van der Waals surface area contributed by atoms with E-state index in [1.165, 1.54) is 0 Å². The molecule has 1 aromatic carbocycles. The molecule has 1 N–H and O–H groups in total. The van der Waals surface area contributed by atoms with Crippen molar-refractivity contribution >= 4 is 35.2 Å². The summed E-state index contributed by atoms with van der Waals surface area (Å²) in [4.78, 5) is 45.5. The van der Waals surface area contributed by atoms with Gasteiger partial charge in [-0.1, -0.05) is 31.2 Å². The number of esters is 1. The van der Waals surface area contributed by atoms with Crippen LogP contribution in [0, 0.1) is 31.6 Å². The number of carbonyl (C=O) groups excluding carboxylic acids is 3. The van der Waals surface area contributed by atoms with Crippen LogP contribution in [-0.2, 0) is 19.1 Å². The first kappa shape index (κ1) is 27.7. The molecule has 0 radical (unpaired) electrons. The third-order valence-corrected chi connectivity index (χ3v) is 10.5. The van der Waals surface area contributed by atoms with Crippen LogP contribution in [0.1, 0.15) is 50.7 Å². The predicted octanol–water partition coefficient (Wildman–Crippen LogP) is 3.89. The number of likely N-dealkylation sites (tertiary alicyclic amines) is 1. The number of anilines is 1. The van der Waals surface area contributed by atoms with Crippen LogP contribution in [0.2, 0.25) is 0 Å². The highest BCUT2D eigenvalue weighted by molar-refractivity contribution is 8.02. The molecule has 0 saturated carbocycles. The number of para-hydroxylation sites is 1. The Hall–Kier alpha value is -2.32. The monoisotopic (exact) mass is 528 g/mol. The third-order valence-electron chi connectivity index (χ3n) is 8.38. The van der Waals surface area contributed by atoms with Crippen molar-refractivity contribution in [2.24, 2.45) is 17.8 Å². The number of aliphatic hydroxyl groups is 1. The standard InChI is InChI=1S/C29H40N2O5S/c1-6-14-30(24-18(3)12-11-13-19(24)4)27(34)25-29-20(5)17-21(37-29)22(28(35)36-7-2)23(29)26(33)31(25)15-9-8-10-16-32/h6,11-13,20-23,25,32H,1,7-10,14-17H2,2-5H3/t20?,21-,22+,23-,25?,29?/m0/s1. The van der Waals surface area contributed by atoms with Gasteiger partial charge in [0.05, 0.1) is 23.2 Å². The number of fused-ring (bicyclic) bond motifs is 1. The Labute approximate surface area is 224 Å². The molecule has 2 amide bonds. The maximum absolute atomic E-state index is 14.7. The van der Waals surface area contributed by atoms with Gasteiger partial charge in [0, 0.05) is 30.6 Å². The van der Waals surface area contributed by atoms with Crippen molar-refractivity contribution < 1.29 is 24.2 Å². The number of nitrogens with zero attached hydrogens (tertiary/aromatic N) is 2. The zero-order chi connectivity index (χ0) is 26.9. The van der Waals surface area contributed by atoms with E-state index in [-0.39, 0.29) is 42.2 Å². The van der Waals surface area contributed by atoms with E-state index in [1.807, 2.05) is 32.0 Å². The van der Waals surface area contributed by atoms with Crippen LogP contribution < -0.4 is 4.90 Å². The Balaban J connectivity index is 1.80. The van der Waals surface area contributed by atoms with Crippen LogP contribution in [-0.4, -0.2) is 70.1 Å². The summed E-state index contributed by atoms with van der Waals surface area (Å²) in [6, 6.07) is 5.29. The average Bonchev–Trinajstić information content (AvgIpc) is 3.44. The zero-order valence-corrected chi connectivity index (χ0v) is 23.3. The second kappa shape index (κ2) is 11.2. The topological polar surface area (TPSA) is 87.2 Å². The van der Waals surface area contributed by atoms with Gasteiger partial charge in [-0.25, -0.2) is 0 Å². The third kappa shape index (κ3) is 4.50. The molecule has 37 heavy (non-hydrogen) atoms. The molecule has 2 bridgehead atoms. The zero-order valence-electron chi connectivity index (χ0n) is 22.4. The fourth-order valence-corrected chi connectivity index (χ4v) is 9.32. The van der Waals surface area contributed by atoms with Crippen molar-refractivity contribution in [3.8, 4) is 0 Å². The number of amides is 2. The molecule has 7 nitrogen and oxygen atoms in total. The molecule has 3 unspecified atom stereocenters. The Morgan fingerprint density at radius 2 is 1.97 bits per heavy atom. The second-order valence-electron chi connectivity index (χ2n) is 10.6. The number of aliphatic hydroxyl groups excluding tert-OH is 1. The quantitative estimate of drug-likeness (QED) is 0.266. The van der Waals surface area contributed by atoms with E-state index in [4.69, 9.17) is 4.74 Å². The SMILES string of the molecule is C=CCN(C(=O)C1N(CCCCCO)C(=O)[C@@H]2[C@H](C(=O)OCC)[C@@H]3CC(C)C12S3)c1c(C)cccc1C. The molecule has 202 valence electrons. The molecule has 3 aliphatic rings. The van der Waals surface area contributed by atoms with Gasteiger partial charge in [0.25, 0.3) is 5.91 Å². The van der Waals surface area contributed by atoms with Crippen molar-refractivity contribution in [2.75, 3.05) is 31.2 Å². The Kier molecular flexibility index (Phi) is 8.38. The molecule has 1 aromatic rings. The van der Waals surface area contributed by atoms with Crippen LogP contribution in [0.15, 0.2) is 30.9 Å². The van der Waals surface area contributed by atoms with Gasteiger partial charge in [-0.3, -0.25) is 14.4 Å². The molecular formula is C29H40N2O5S. The minimum Gasteiger partial charge on any atom is -0.466 e. The van der Waals surface area contributed by atoms with E-state index >= 15 is 0 Å². The molecule has 3 saturated heterocycles. The number of unbranched alkanes of at least 4 members (excludes halogenated alkanes) is 2. The lowest BCUT2D eigenvalue weighted by molar-refractivity contribution is -0.154. The summed E-state index contributed by atoms with van der Waals surface area (Å²) < 4.78 is 4.76. The Morgan fingerprint density at radius 1 is 1.27 bits per heavy atom. The normalized spacial score (nSPS) is 29.9. The van der Waals surface area contributed by atoms with Gasteiger partial charge in [0.2, 0.25) is 5.91 Å². The highest BCUT2D eigenvalue weighted by Crippen LogP contribution is 2.68. The molecule has 3 aliphatic heterocycles. The van der Waals surface area contributed by atoms with Crippen LogP contribution in [0.3, 0.4) is 0 Å². The molecule has 0 aliphatic carbocycles. The lowest BCUT2D eigenvalue weighted by Crippen LogP contribution is -2.57. The number of carbonyl (C=O) groups is 3. The number of hydrogen-bond acceptors (Lipinski definition) is 6. The molecule has 3 heterocycles. The highest BCUT2D eigenvalue weighted by atomic mass is 32.2. The summed E-state index contributed by atoms with van der Waals surface area (Å²) in [6.07, 6.45) is 4.62. The molecular weight excluding hydrogens is 488 g/mol. The maximum Gasteiger partial charge on any atom is 0.310 e.